The highest BCUT2D eigenvalue weighted by Crippen LogP contribution is 2.24. The number of benzene rings is 2. The maximum absolute atomic E-state index is 9.31. The smallest absolute Gasteiger partial charge is 0.124 e. The van der Waals surface area contributed by atoms with Crippen LogP contribution in [0.5, 0.6) is 5.75 Å². The second kappa shape index (κ2) is 8.53. The number of nitrogens with one attached hydrogen (secondary N) is 1. The van der Waals surface area contributed by atoms with E-state index in [1.807, 2.05) is 42.5 Å². The molecule has 22 heavy (non-hydrogen) atoms. The summed E-state index contributed by atoms with van der Waals surface area (Å²) in [5.74, 6) is 0.830. The molecule has 0 radical (unpaired) electrons. The molecule has 0 aliphatic heterocycles. The van der Waals surface area contributed by atoms with Gasteiger partial charge in [-0.15, -0.1) is 0 Å². The van der Waals surface area contributed by atoms with Gasteiger partial charge in [-0.25, -0.2) is 0 Å². The lowest BCUT2D eigenvalue weighted by molar-refractivity contribution is 0.190. The molecule has 0 saturated heterocycles. The van der Waals surface area contributed by atoms with Gasteiger partial charge in [-0.05, 0) is 42.8 Å². The maximum atomic E-state index is 9.31. The zero-order valence-electron chi connectivity index (χ0n) is 12.4. The molecule has 3 nitrogen and oxygen atoms in total. The summed E-state index contributed by atoms with van der Waals surface area (Å²) < 4.78 is 6.91. The Balaban J connectivity index is 2.01. The van der Waals surface area contributed by atoms with Crippen molar-refractivity contribution < 1.29 is 9.84 Å². The molecular formula is C17H19BrClNO2. The van der Waals surface area contributed by atoms with Crippen molar-refractivity contribution in [3.05, 3.63) is 63.1 Å². The number of hydrogen-bond donors (Lipinski definition) is 2. The lowest BCUT2D eigenvalue weighted by atomic mass is 10.2. The fourth-order valence-corrected chi connectivity index (χ4v) is 2.52. The zero-order chi connectivity index (χ0) is 15.9. The van der Waals surface area contributed by atoms with Gasteiger partial charge in [-0.2, -0.15) is 0 Å². The van der Waals surface area contributed by atoms with E-state index in [-0.39, 0.29) is 6.10 Å². The van der Waals surface area contributed by atoms with Crippen LogP contribution in [0.4, 0.5) is 0 Å². The quantitative estimate of drug-likeness (QED) is 0.753. The molecule has 1 atom stereocenters. The van der Waals surface area contributed by atoms with Gasteiger partial charge in [0.25, 0.3) is 0 Å². The molecule has 2 aromatic carbocycles. The van der Waals surface area contributed by atoms with Crippen molar-refractivity contribution in [3.8, 4) is 5.75 Å². The van der Waals surface area contributed by atoms with E-state index < -0.39 is 0 Å². The fraction of sp³-hybridized carbons (Fsp3) is 0.294. The minimum atomic E-state index is -0.370. The molecule has 0 bridgehead atoms. The van der Waals surface area contributed by atoms with E-state index in [2.05, 4.69) is 21.2 Å². The summed E-state index contributed by atoms with van der Waals surface area (Å²) >= 11 is 9.35. The van der Waals surface area contributed by atoms with Crippen molar-refractivity contribution in [2.24, 2.45) is 0 Å². The van der Waals surface area contributed by atoms with Gasteiger partial charge in [0, 0.05) is 28.1 Å². The molecule has 0 aromatic heterocycles. The molecule has 2 aromatic rings. The number of halogens is 2. The Kier molecular flexibility index (Phi) is 6.70. The SMILES string of the molecule is CC(O)CNCc1cc(Br)ccc1OCc1ccc(Cl)cc1. The van der Waals surface area contributed by atoms with E-state index >= 15 is 0 Å². The number of hydrogen-bond acceptors (Lipinski definition) is 3. The largest absolute Gasteiger partial charge is 0.489 e. The summed E-state index contributed by atoms with van der Waals surface area (Å²) in [7, 11) is 0. The van der Waals surface area contributed by atoms with Crippen molar-refractivity contribution in [1.29, 1.82) is 0 Å². The Morgan fingerprint density at radius 2 is 1.95 bits per heavy atom. The summed E-state index contributed by atoms with van der Waals surface area (Å²) in [6.07, 6.45) is -0.370. The summed E-state index contributed by atoms with van der Waals surface area (Å²) in [6.45, 7) is 3.43. The third-order valence-corrected chi connectivity index (χ3v) is 3.83. The van der Waals surface area contributed by atoms with Crippen LogP contribution in [0.1, 0.15) is 18.1 Å². The Labute approximate surface area is 144 Å². The average Bonchev–Trinajstić information content (AvgIpc) is 2.48. The molecule has 0 heterocycles. The summed E-state index contributed by atoms with van der Waals surface area (Å²) in [6, 6.07) is 13.5. The summed E-state index contributed by atoms with van der Waals surface area (Å²) in [5, 5.41) is 13.2. The van der Waals surface area contributed by atoms with Gasteiger partial charge in [0.2, 0.25) is 0 Å². The molecule has 0 spiro atoms. The molecule has 2 rings (SSSR count). The van der Waals surface area contributed by atoms with E-state index in [1.165, 1.54) is 0 Å². The third-order valence-electron chi connectivity index (χ3n) is 3.09. The first kappa shape index (κ1) is 17.3. The summed E-state index contributed by atoms with van der Waals surface area (Å²) in [4.78, 5) is 0. The van der Waals surface area contributed by atoms with Gasteiger partial charge in [-0.3, -0.25) is 0 Å². The van der Waals surface area contributed by atoms with Crippen LogP contribution in [0.25, 0.3) is 0 Å². The van der Waals surface area contributed by atoms with Gasteiger partial charge in [0.1, 0.15) is 12.4 Å². The van der Waals surface area contributed by atoms with Crippen LogP contribution in [0, 0.1) is 0 Å². The first-order valence-corrected chi connectivity index (χ1v) is 8.26. The minimum Gasteiger partial charge on any atom is -0.489 e. The standard InChI is InChI=1S/C17H19BrClNO2/c1-12(21)9-20-10-14-8-15(18)4-7-17(14)22-11-13-2-5-16(19)6-3-13/h2-8,12,20-21H,9-11H2,1H3. The molecule has 0 saturated carbocycles. The average molecular weight is 385 g/mol. The highest BCUT2D eigenvalue weighted by atomic mass is 79.9. The van der Waals surface area contributed by atoms with Crippen molar-refractivity contribution in [2.75, 3.05) is 6.54 Å². The van der Waals surface area contributed by atoms with E-state index in [0.717, 1.165) is 26.4 Å². The van der Waals surface area contributed by atoms with Crippen LogP contribution in [-0.4, -0.2) is 17.8 Å². The lowest BCUT2D eigenvalue weighted by Crippen LogP contribution is -2.24. The fourth-order valence-electron chi connectivity index (χ4n) is 1.98. The second-order valence-electron chi connectivity index (χ2n) is 5.15. The van der Waals surface area contributed by atoms with Gasteiger partial charge in [0.15, 0.2) is 0 Å². The van der Waals surface area contributed by atoms with Gasteiger partial charge in [0.05, 0.1) is 6.10 Å². The maximum Gasteiger partial charge on any atom is 0.124 e. The van der Waals surface area contributed by atoms with Gasteiger partial charge >= 0.3 is 0 Å². The molecule has 0 aliphatic rings. The molecule has 0 amide bonds. The van der Waals surface area contributed by atoms with E-state index in [1.54, 1.807) is 6.92 Å². The van der Waals surface area contributed by atoms with Crippen molar-refractivity contribution in [3.63, 3.8) is 0 Å². The van der Waals surface area contributed by atoms with Crippen molar-refractivity contribution in [1.82, 2.24) is 5.32 Å². The van der Waals surface area contributed by atoms with Crippen molar-refractivity contribution in [2.45, 2.75) is 26.2 Å². The highest BCUT2D eigenvalue weighted by molar-refractivity contribution is 9.10. The molecule has 118 valence electrons. The Bertz CT molecular complexity index is 602. The zero-order valence-corrected chi connectivity index (χ0v) is 14.7. The van der Waals surface area contributed by atoms with Crippen molar-refractivity contribution >= 4 is 27.5 Å². The third kappa shape index (κ3) is 5.61. The minimum absolute atomic E-state index is 0.370. The number of rotatable bonds is 7. The van der Waals surface area contributed by atoms with Crippen LogP contribution in [0.3, 0.4) is 0 Å². The Morgan fingerprint density at radius 1 is 1.23 bits per heavy atom. The second-order valence-corrected chi connectivity index (χ2v) is 6.50. The van der Waals surface area contributed by atoms with E-state index in [0.29, 0.717) is 19.7 Å². The highest BCUT2D eigenvalue weighted by Gasteiger charge is 2.06. The van der Waals surface area contributed by atoms with Crippen LogP contribution in [0.15, 0.2) is 46.9 Å². The van der Waals surface area contributed by atoms with Gasteiger partial charge in [-0.1, -0.05) is 39.7 Å². The van der Waals surface area contributed by atoms with Crippen LogP contribution >= 0.6 is 27.5 Å². The van der Waals surface area contributed by atoms with E-state index in [4.69, 9.17) is 16.3 Å². The predicted octanol–water partition coefficient (Wildman–Crippen LogP) is 4.15. The van der Waals surface area contributed by atoms with E-state index in [9.17, 15) is 5.11 Å². The number of aliphatic hydroxyl groups excluding tert-OH is 1. The topological polar surface area (TPSA) is 41.5 Å². The summed E-state index contributed by atoms with van der Waals surface area (Å²) in [5.41, 5.74) is 2.11. The number of aliphatic hydroxyl groups is 1. The predicted molar refractivity (Wildman–Crippen MR) is 93.3 cm³/mol. The number of ether oxygens (including phenoxy) is 1. The molecule has 0 aliphatic carbocycles. The molecule has 1 unspecified atom stereocenters. The normalized spacial score (nSPS) is 12.2. The van der Waals surface area contributed by atoms with Crippen LogP contribution in [0.2, 0.25) is 5.02 Å². The Hall–Kier alpha value is -1.07. The Morgan fingerprint density at radius 3 is 2.64 bits per heavy atom. The first-order chi connectivity index (χ1) is 10.5. The lowest BCUT2D eigenvalue weighted by Gasteiger charge is -2.13. The van der Waals surface area contributed by atoms with Crippen LogP contribution < -0.4 is 10.1 Å². The molecule has 2 N–H and O–H groups in total. The molecule has 5 heteroatoms. The monoisotopic (exact) mass is 383 g/mol. The first-order valence-electron chi connectivity index (χ1n) is 7.09. The molecule has 0 fully saturated rings. The van der Waals surface area contributed by atoms with Gasteiger partial charge < -0.3 is 15.2 Å². The molecular weight excluding hydrogens is 366 g/mol. The van der Waals surface area contributed by atoms with Crippen LogP contribution in [-0.2, 0) is 13.2 Å².